The summed E-state index contributed by atoms with van der Waals surface area (Å²) in [5.74, 6) is 0. The summed E-state index contributed by atoms with van der Waals surface area (Å²) < 4.78 is 0. The lowest BCUT2D eigenvalue weighted by molar-refractivity contribution is 0.189. The molecule has 130 valence electrons. The van der Waals surface area contributed by atoms with Gasteiger partial charge in [-0.25, -0.2) is 9.78 Å². The quantitative estimate of drug-likeness (QED) is 0.889. The van der Waals surface area contributed by atoms with Gasteiger partial charge < -0.3 is 10.2 Å². The molecule has 24 heavy (non-hydrogen) atoms. The van der Waals surface area contributed by atoms with Gasteiger partial charge in [-0.1, -0.05) is 0 Å². The SMILES string of the molecule is Cc1nc(C)c([C@H](C)NC(=O)N2CCC[C@H]2c2c(C)n[nH]c2C)s1. The first-order valence-electron chi connectivity index (χ1n) is 8.41. The van der Waals surface area contributed by atoms with Crippen LogP contribution in [-0.2, 0) is 0 Å². The van der Waals surface area contributed by atoms with E-state index in [2.05, 4.69) is 20.5 Å². The third-order valence-electron chi connectivity index (χ3n) is 4.70. The molecule has 0 unspecified atom stereocenters. The molecule has 6 nitrogen and oxygen atoms in total. The molecule has 2 aromatic heterocycles. The molecule has 0 bridgehead atoms. The molecule has 1 aliphatic rings. The maximum Gasteiger partial charge on any atom is 0.318 e. The van der Waals surface area contributed by atoms with E-state index in [4.69, 9.17) is 0 Å². The first kappa shape index (κ1) is 17.0. The molecule has 1 saturated heterocycles. The average molecular weight is 347 g/mol. The number of aromatic nitrogens is 3. The van der Waals surface area contributed by atoms with Gasteiger partial charge in [0.1, 0.15) is 0 Å². The predicted molar refractivity (Wildman–Crippen MR) is 95.3 cm³/mol. The monoisotopic (exact) mass is 347 g/mol. The number of carbonyl (C=O) groups is 1. The van der Waals surface area contributed by atoms with Crippen LogP contribution in [-0.4, -0.2) is 32.7 Å². The van der Waals surface area contributed by atoms with Gasteiger partial charge in [-0.2, -0.15) is 5.10 Å². The first-order chi connectivity index (χ1) is 11.4. The fourth-order valence-electron chi connectivity index (χ4n) is 3.64. The van der Waals surface area contributed by atoms with Crippen LogP contribution < -0.4 is 5.32 Å². The van der Waals surface area contributed by atoms with E-state index in [0.29, 0.717) is 0 Å². The van der Waals surface area contributed by atoms with E-state index in [0.717, 1.165) is 46.4 Å². The second-order valence-corrected chi connectivity index (χ2v) is 7.79. The zero-order valence-electron chi connectivity index (χ0n) is 14.9. The van der Waals surface area contributed by atoms with Crippen molar-refractivity contribution in [3.63, 3.8) is 0 Å². The number of nitrogens with zero attached hydrogens (tertiary/aromatic N) is 3. The number of H-pyrrole nitrogens is 1. The summed E-state index contributed by atoms with van der Waals surface area (Å²) in [5, 5.41) is 11.5. The maximum atomic E-state index is 12.8. The van der Waals surface area contributed by atoms with Gasteiger partial charge in [0, 0.05) is 22.7 Å². The van der Waals surface area contributed by atoms with Gasteiger partial charge in [0.2, 0.25) is 0 Å². The molecule has 2 aromatic rings. The van der Waals surface area contributed by atoms with Crippen LogP contribution in [0, 0.1) is 27.7 Å². The van der Waals surface area contributed by atoms with Crippen LogP contribution in [0.5, 0.6) is 0 Å². The second kappa shape index (κ2) is 6.55. The van der Waals surface area contributed by atoms with Crippen LogP contribution in [0.25, 0.3) is 0 Å². The Hall–Kier alpha value is -1.89. The van der Waals surface area contributed by atoms with Gasteiger partial charge in [0.25, 0.3) is 0 Å². The number of rotatable bonds is 3. The number of urea groups is 1. The number of hydrogen-bond donors (Lipinski definition) is 2. The summed E-state index contributed by atoms with van der Waals surface area (Å²) in [6.45, 7) is 10.8. The standard InChI is InChI=1S/C17H25N5OS/c1-9-15(10(2)21-20-9)14-7-6-8-22(14)17(23)19-12(4)16-11(3)18-13(5)24-16/h12,14H,6-8H2,1-5H3,(H,19,23)(H,20,21)/t12-,14-/m0/s1. The largest absolute Gasteiger partial charge is 0.331 e. The van der Waals surface area contributed by atoms with Crippen molar-refractivity contribution in [2.24, 2.45) is 0 Å². The number of carbonyl (C=O) groups excluding carboxylic acids is 1. The van der Waals surface area contributed by atoms with Crippen LogP contribution in [0.1, 0.15) is 64.4 Å². The molecule has 0 saturated carbocycles. The van der Waals surface area contributed by atoms with Crippen LogP contribution >= 0.6 is 11.3 Å². The Morgan fingerprint density at radius 1 is 1.33 bits per heavy atom. The van der Waals surface area contributed by atoms with Crippen molar-refractivity contribution in [2.75, 3.05) is 6.54 Å². The van der Waals surface area contributed by atoms with Crippen molar-refractivity contribution < 1.29 is 4.79 Å². The molecule has 0 radical (unpaired) electrons. The van der Waals surface area contributed by atoms with Crippen LogP contribution in [0.4, 0.5) is 4.79 Å². The summed E-state index contributed by atoms with van der Waals surface area (Å²) in [4.78, 5) is 20.4. The molecule has 1 aliphatic heterocycles. The molecule has 0 aliphatic carbocycles. The summed E-state index contributed by atoms with van der Waals surface area (Å²) in [6, 6.07) is 0.0761. The van der Waals surface area contributed by atoms with Crippen molar-refractivity contribution in [3.05, 3.63) is 32.5 Å². The highest BCUT2D eigenvalue weighted by molar-refractivity contribution is 7.11. The molecule has 1 fully saturated rings. The molecule has 2 amide bonds. The molecular weight excluding hydrogens is 322 g/mol. The lowest BCUT2D eigenvalue weighted by atomic mass is 10.0. The third-order valence-corrected chi connectivity index (χ3v) is 5.96. The second-order valence-electron chi connectivity index (χ2n) is 6.55. The summed E-state index contributed by atoms with van der Waals surface area (Å²) in [6.07, 6.45) is 2.01. The van der Waals surface area contributed by atoms with Gasteiger partial charge in [-0.3, -0.25) is 5.10 Å². The number of aryl methyl sites for hydroxylation is 4. The molecule has 3 rings (SSSR count). The predicted octanol–water partition coefficient (Wildman–Crippen LogP) is 3.71. The minimum absolute atomic E-state index is 0.00421. The van der Waals surface area contributed by atoms with E-state index >= 15 is 0 Å². The van der Waals surface area contributed by atoms with E-state index in [1.54, 1.807) is 11.3 Å². The van der Waals surface area contributed by atoms with Gasteiger partial charge in [0.15, 0.2) is 0 Å². The molecular formula is C17H25N5OS. The first-order valence-corrected chi connectivity index (χ1v) is 9.22. The third kappa shape index (κ3) is 3.05. The molecule has 0 aromatic carbocycles. The fourth-order valence-corrected chi connectivity index (χ4v) is 4.57. The summed E-state index contributed by atoms with van der Waals surface area (Å²) in [7, 11) is 0. The van der Waals surface area contributed by atoms with Gasteiger partial charge >= 0.3 is 6.03 Å². The Labute approximate surface area is 146 Å². The topological polar surface area (TPSA) is 73.9 Å². The highest BCUT2D eigenvalue weighted by Gasteiger charge is 2.33. The Kier molecular flexibility index (Phi) is 4.62. The molecule has 3 heterocycles. The van der Waals surface area contributed by atoms with Gasteiger partial charge in [0.05, 0.1) is 28.5 Å². The van der Waals surface area contributed by atoms with Crippen molar-refractivity contribution >= 4 is 17.4 Å². The zero-order chi connectivity index (χ0) is 17.4. The van der Waals surface area contributed by atoms with Crippen LogP contribution in [0.3, 0.4) is 0 Å². The van der Waals surface area contributed by atoms with E-state index in [1.807, 2.05) is 39.5 Å². The maximum absolute atomic E-state index is 12.8. The lowest BCUT2D eigenvalue weighted by Crippen LogP contribution is -2.40. The van der Waals surface area contributed by atoms with Crippen molar-refractivity contribution in [3.8, 4) is 0 Å². The fraction of sp³-hybridized carbons (Fsp3) is 0.588. The molecule has 7 heteroatoms. The number of hydrogen-bond acceptors (Lipinski definition) is 4. The van der Waals surface area contributed by atoms with E-state index in [-0.39, 0.29) is 18.1 Å². The average Bonchev–Trinajstić information content (AvgIpc) is 3.19. The zero-order valence-corrected chi connectivity index (χ0v) is 15.8. The van der Waals surface area contributed by atoms with Gasteiger partial charge in [-0.15, -0.1) is 11.3 Å². The molecule has 2 N–H and O–H groups in total. The highest BCUT2D eigenvalue weighted by atomic mass is 32.1. The number of thiazole rings is 1. The molecule has 0 spiro atoms. The van der Waals surface area contributed by atoms with Crippen LogP contribution in [0.2, 0.25) is 0 Å². The minimum atomic E-state index is -0.0310. The van der Waals surface area contributed by atoms with E-state index in [9.17, 15) is 4.79 Å². The Morgan fingerprint density at radius 2 is 2.08 bits per heavy atom. The minimum Gasteiger partial charge on any atom is -0.331 e. The van der Waals surface area contributed by atoms with E-state index in [1.165, 1.54) is 5.56 Å². The lowest BCUT2D eigenvalue weighted by Gasteiger charge is -2.27. The summed E-state index contributed by atoms with van der Waals surface area (Å²) >= 11 is 1.65. The smallest absolute Gasteiger partial charge is 0.318 e. The normalized spacial score (nSPS) is 18.9. The Balaban J connectivity index is 1.75. The Morgan fingerprint density at radius 3 is 2.67 bits per heavy atom. The summed E-state index contributed by atoms with van der Waals surface area (Å²) in [5.41, 5.74) is 4.21. The number of likely N-dealkylation sites (tertiary alicyclic amines) is 1. The van der Waals surface area contributed by atoms with Crippen LogP contribution in [0.15, 0.2) is 0 Å². The van der Waals surface area contributed by atoms with Crippen molar-refractivity contribution in [1.82, 2.24) is 25.4 Å². The number of nitrogens with one attached hydrogen (secondary N) is 2. The molecule has 2 atom stereocenters. The van der Waals surface area contributed by atoms with Crippen molar-refractivity contribution in [2.45, 2.75) is 59.5 Å². The Bertz CT molecular complexity index is 731. The number of aromatic amines is 1. The van der Waals surface area contributed by atoms with Crippen molar-refractivity contribution in [1.29, 1.82) is 0 Å². The number of amides is 2. The van der Waals surface area contributed by atoms with Gasteiger partial charge in [-0.05, 0) is 47.5 Å². The van der Waals surface area contributed by atoms with E-state index < -0.39 is 0 Å². The highest BCUT2D eigenvalue weighted by Crippen LogP contribution is 2.35.